The molecule has 3 heteroatoms. The summed E-state index contributed by atoms with van der Waals surface area (Å²) >= 11 is 0. The van der Waals surface area contributed by atoms with E-state index in [4.69, 9.17) is 5.11 Å². The van der Waals surface area contributed by atoms with Gasteiger partial charge in [0.1, 0.15) is 0 Å². The first-order valence-electron chi connectivity index (χ1n) is 4.28. The lowest BCUT2D eigenvalue weighted by molar-refractivity contribution is -0.132. The first kappa shape index (κ1) is 9.26. The Morgan fingerprint density at radius 3 is 2.67 bits per heavy atom. The SMILES string of the molecule is CC/C(C(=O)O)=C1\CCN(C)C1. The number of hydrogen-bond acceptors (Lipinski definition) is 2. The molecular formula is C9H15NO2. The van der Waals surface area contributed by atoms with Crippen molar-refractivity contribution in [2.75, 3.05) is 20.1 Å². The minimum absolute atomic E-state index is 0.611. The van der Waals surface area contributed by atoms with Crippen LogP contribution in [0, 0.1) is 0 Å². The second-order valence-corrected chi connectivity index (χ2v) is 3.23. The number of carbonyl (C=O) groups is 1. The summed E-state index contributed by atoms with van der Waals surface area (Å²) < 4.78 is 0. The molecule has 0 unspecified atom stereocenters. The minimum Gasteiger partial charge on any atom is -0.478 e. The molecule has 0 saturated carbocycles. The van der Waals surface area contributed by atoms with E-state index in [0.29, 0.717) is 12.0 Å². The lowest BCUT2D eigenvalue weighted by atomic mass is 10.1. The molecule has 1 rings (SSSR count). The maximum Gasteiger partial charge on any atom is 0.331 e. The monoisotopic (exact) mass is 169 g/mol. The van der Waals surface area contributed by atoms with E-state index in [9.17, 15) is 4.79 Å². The van der Waals surface area contributed by atoms with Crippen LogP contribution in [-0.4, -0.2) is 36.1 Å². The molecule has 1 aliphatic rings. The lowest BCUT2D eigenvalue weighted by Gasteiger charge is -2.05. The van der Waals surface area contributed by atoms with E-state index in [-0.39, 0.29) is 0 Å². The van der Waals surface area contributed by atoms with Gasteiger partial charge in [-0.2, -0.15) is 0 Å². The van der Waals surface area contributed by atoms with Crippen molar-refractivity contribution in [3.05, 3.63) is 11.1 Å². The summed E-state index contributed by atoms with van der Waals surface area (Å²) in [6.45, 7) is 3.72. The Balaban J connectivity index is 2.79. The van der Waals surface area contributed by atoms with Gasteiger partial charge in [0.2, 0.25) is 0 Å². The fourth-order valence-corrected chi connectivity index (χ4v) is 1.61. The van der Waals surface area contributed by atoms with Crippen LogP contribution in [0.4, 0.5) is 0 Å². The van der Waals surface area contributed by atoms with Gasteiger partial charge in [-0.25, -0.2) is 4.79 Å². The highest BCUT2D eigenvalue weighted by molar-refractivity contribution is 5.87. The number of likely N-dealkylation sites (tertiary alicyclic amines) is 1. The smallest absolute Gasteiger partial charge is 0.331 e. The quantitative estimate of drug-likeness (QED) is 0.629. The number of carboxylic acid groups (broad SMARTS) is 1. The van der Waals surface area contributed by atoms with E-state index in [1.807, 2.05) is 14.0 Å². The summed E-state index contributed by atoms with van der Waals surface area (Å²) in [5.41, 5.74) is 1.71. The number of carboxylic acids is 1. The summed E-state index contributed by atoms with van der Waals surface area (Å²) in [4.78, 5) is 12.9. The van der Waals surface area contributed by atoms with Crippen LogP contribution in [0.15, 0.2) is 11.1 Å². The number of nitrogens with zero attached hydrogens (tertiary/aromatic N) is 1. The predicted octanol–water partition coefficient (Wildman–Crippen LogP) is 1.11. The molecule has 1 heterocycles. The third-order valence-electron chi connectivity index (χ3n) is 2.29. The number of likely N-dealkylation sites (N-methyl/N-ethyl adjacent to an activating group) is 1. The Kier molecular flexibility index (Phi) is 2.87. The van der Waals surface area contributed by atoms with Crippen molar-refractivity contribution in [1.82, 2.24) is 4.90 Å². The van der Waals surface area contributed by atoms with Crippen LogP contribution in [0.2, 0.25) is 0 Å². The van der Waals surface area contributed by atoms with Gasteiger partial charge >= 0.3 is 5.97 Å². The first-order valence-corrected chi connectivity index (χ1v) is 4.28. The molecule has 1 aliphatic heterocycles. The van der Waals surface area contributed by atoms with Crippen molar-refractivity contribution in [1.29, 1.82) is 0 Å². The van der Waals surface area contributed by atoms with Gasteiger partial charge in [0, 0.05) is 18.7 Å². The Bertz CT molecular complexity index is 221. The molecule has 0 amide bonds. The van der Waals surface area contributed by atoms with Gasteiger partial charge in [0.05, 0.1) is 0 Å². The third kappa shape index (κ3) is 1.85. The third-order valence-corrected chi connectivity index (χ3v) is 2.29. The number of aliphatic carboxylic acids is 1. The zero-order valence-electron chi connectivity index (χ0n) is 7.63. The summed E-state index contributed by atoms with van der Waals surface area (Å²) in [7, 11) is 2.02. The zero-order chi connectivity index (χ0) is 9.14. The van der Waals surface area contributed by atoms with Crippen LogP contribution in [0.25, 0.3) is 0 Å². The molecule has 1 N–H and O–H groups in total. The minimum atomic E-state index is -0.747. The van der Waals surface area contributed by atoms with Crippen molar-refractivity contribution in [3.63, 3.8) is 0 Å². The van der Waals surface area contributed by atoms with Crippen molar-refractivity contribution >= 4 is 5.97 Å². The van der Waals surface area contributed by atoms with E-state index in [2.05, 4.69) is 4.90 Å². The molecule has 1 fully saturated rings. The Labute approximate surface area is 72.7 Å². The Morgan fingerprint density at radius 1 is 1.67 bits per heavy atom. The fraction of sp³-hybridized carbons (Fsp3) is 0.667. The molecule has 0 spiro atoms. The van der Waals surface area contributed by atoms with Crippen LogP contribution < -0.4 is 0 Å². The average Bonchev–Trinajstić information content (AvgIpc) is 2.37. The maximum atomic E-state index is 10.7. The van der Waals surface area contributed by atoms with Gasteiger partial charge in [0.15, 0.2) is 0 Å². The van der Waals surface area contributed by atoms with E-state index >= 15 is 0 Å². The molecule has 0 aromatic heterocycles. The molecule has 68 valence electrons. The summed E-state index contributed by atoms with van der Waals surface area (Å²) in [6.07, 6.45) is 1.56. The normalized spacial score (nSPS) is 22.8. The summed E-state index contributed by atoms with van der Waals surface area (Å²) in [6, 6.07) is 0. The standard InChI is InChI=1S/C9H15NO2/c1-3-8(9(11)12)7-4-5-10(2)6-7/h3-6H2,1-2H3,(H,11,12)/b8-7-. The van der Waals surface area contributed by atoms with Gasteiger partial charge in [-0.15, -0.1) is 0 Å². The predicted molar refractivity (Wildman–Crippen MR) is 47.1 cm³/mol. The Morgan fingerprint density at radius 2 is 2.33 bits per heavy atom. The van der Waals surface area contributed by atoms with Crippen LogP contribution in [-0.2, 0) is 4.79 Å². The van der Waals surface area contributed by atoms with Gasteiger partial charge < -0.3 is 10.0 Å². The van der Waals surface area contributed by atoms with E-state index < -0.39 is 5.97 Å². The number of rotatable bonds is 2. The molecule has 0 radical (unpaired) electrons. The highest BCUT2D eigenvalue weighted by Gasteiger charge is 2.18. The molecule has 12 heavy (non-hydrogen) atoms. The second kappa shape index (κ2) is 3.72. The molecule has 0 atom stereocenters. The van der Waals surface area contributed by atoms with E-state index in [1.54, 1.807) is 0 Å². The van der Waals surface area contributed by atoms with Gasteiger partial charge in [0.25, 0.3) is 0 Å². The molecule has 0 aromatic carbocycles. The molecule has 0 aromatic rings. The maximum absolute atomic E-state index is 10.7. The van der Waals surface area contributed by atoms with Crippen molar-refractivity contribution in [2.45, 2.75) is 19.8 Å². The molecular weight excluding hydrogens is 154 g/mol. The summed E-state index contributed by atoms with van der Waals surface area (Å²) in [5, 5.41) is 8.84. The van der Waals surface area contributed by atoms with Crippen molar-refractivity contribution in [2.24, 2.45) is 0 Å². The average molecular weight is 169 g/mol. The largest absolute Gasteiger partial charge is 0.478 e. The van der Waals surface area contributed by atoms with E-state index in [1.165, 1.54) is 0 Å². The molecule has 3 nitrogen and oxygen atoms in total. The number of hydrogen-bond donors (Lipinski definition) is 1. The highest BCUT2D eigenvalue weighted by Crippen LogP contribution is 2.19. The van der Waals surface area contributed by atoms with Crippen molar-refractivity contribution < 1.29 is 9.90 Å². The lowest BCUT2D eigenvalue weighted by Crippen LogP contribution is -2.12. The van der Waals surface area contributed by atoms with Gasteiger partial charge in [-0.1, -0.05) is 6.92 Å². The molecule has 0 aliphatic carbocycles. The zero-order valence-corrected chi connectivity index (χ0v) is 7.63. The van der Waals surface area contributed by atoms with Crippen LogP contribution >= 0.6 is 0 Å². The van der Waals surface area contributed by atoms with E-state index in [0.717, 1.165) is 25.1 Å². The first-order chi connectivity index (χ1) is 5.65. The van der Waals surface area contributed by atoms with Gasteiger partial charge in [-0.3, -0.25) is 0 Å². The topological polar surface area (TPSA) is 40.5 Å². The summed E-state index contributed by atoms with van der Waals surface area (Å²) in [5.74, 6) is -0.747. The van der Waals surface area contributed by atoms with Crippen molar-refractivity contribution in [3.8, 4) is 0 Å². The molecule has 0 bridgehead atoms. The Hall–Kier alpha value is -0.830. The van der Waals surface area contributed by atoms with Crippen LogP contribution in [0.5, 0.6) is 0 Å². The van der Waals surface area contributed by atoms with Gasteiger partial charge in [-0.05, 0) is 25.5 Å². The van der Waals surface area contributed by atoms with Crippen LogP contribution in [0.1, 0.15) is 19.8 Å². The molecule has 1 saturated heterocycles. The van der Waals surface area contributed by atoms with Crippen LogP contribution in [0.3, 0.4) is 0 Å². The highest BCUT2D eigenvalue weighted by atomic mass is 16.4. The second-order valence-electron chi connectivity index (χ2n) is 3.23. The fourth-order valence-electron chi connectivity index (χ4n) is 1.61.